The standard InChI is InChI=1S/C10H7.Na/c1-2-6-10-8-4-3-7-9(10)5-1;/h1-3,5-8H;. The van der Waals surface area contributed by atoms with E-state index in [0.717, 1.165) is 27.9 Å². The van der Waals surface area contributed by atoms with Crippen LogP contribution in [0.5, 0.6) is 0 Å². The molecule has 0 nitrogen and oxygen atoms in total. The van der Waals surface area contributed by atoms with Crippen molar-refractivity contribution in [1.82, 2.24) is 0 Å². The molecule has 0 fully saturated rings. The molecule has 0 amide bonds. The van der Waals surface area contributed by atoms with Crippen molar-refractivity contribution in [1.29, 1.82) is 0 Å². The van der Waals surface area contributed by atoms with Crippen LogP contribution >= 0.6 is 0 Å². The first kappa shape index (κ1) is 7.35. The van der Waals surface area contributed by atoms with E-state index in [1.807, 2.05) is 0 Å². The Hall–Kier alpha value is -0.300. The van der Waals surface area contributed by atoms with Gasteiger partial charge in [0.25, 0.3) is 0 Å². The summed E-state index contributed by atoms with van der Waals surface area (Å²) < 4.78 is 1.46. The Bertz CT molecular complexity index is 379. The van der Waals surface area contributed by atoms with Crippen molar-refractivity contribution < 1.29 is 0 Å². The van der Waals surface area contributed by atoms with E-state index < -0.39 is 0 Å². The maximum atomic E-state index is 2.27. The van der Waals surface area contributed by atoms with Gasteiger partial charge in [0.05, 0.1) is 0 Å². The van der Waals surface area contributed by atoms with Crippen molar-refractivity contribution in [2.75, 3.05) is 0 Å². The van der Waals surface area contributed by atoms with Gasteiger partial charge in [0.2, 0.25) is 0 Å². The molecule has 0 saturated carbocycles. The maximum absolute atomic E-state index is 2.27. The summed E-state index contributed by atoms with van der Waals surface area (Å²) in [5.41, 5.74) is 0. The van der Waals surface area contributed by atoms with Gasteiger partial charge in [-0.1, -0.05) is 0 Å². The second-order valence-electron chi connectivity index (χ2n) is 2.85. The number of fused-ring (bicyclic) bond motifs is 1. The molecule has 48 valence electrons. The van der Waals surface area contributed by atoms with E-state index in [4.69, 9.17) is 0 Å². The van der Waals surface area contributed by atoms with Crippen LogP contribution in [0.1, 0.15) is 0 Å². The van der Waals surface area contributed by atoms with Gasteiger partial charge in [0.15, 0.2) is 0 Å². The summed E-state index contributed by atoms with van der Waals surface area (Å²) in [7, 11) is 0. The van der Waals surface area contributed by atoms with Gasteiger partial charge in [-0.3, -0.25) is 0 Å². The summed E-state index contributed by atoms with van der Waals surface area (Å²) in [4.78, 5) is 0. The fourth-order valence-electron chi connectivity index (χ4n) is 1.31. The number of hydrogen-bond donors (Lipinski definition) is 0. The Morgan fingerprint density at radius 3 is 2.36 bits per heavy atom. The van der Waals surface area contributed by atoms with E-state index in [1.54, 1.807) is 0 Å². The van der Waals surface area contributed by atoms with Crippen LogP contribution in [0.2, 0.25) is 0 Å². The van der Waals surface area contributed by atoms with Crippen LogP contribution in [0.4, 0.5) is 0 Å². The molecule has 0 atom stereocenters. The van der Waals surface area contributed by atoms with Gasteiger partial charge in [0, 0.05) is 0 Å². The first-order valence-corrected chi connectivity index (χ1v) is 4.82. The quantitative estimate of drug-likeness (QED) is 0.501. The average Bonchev–Trinajstić information content (AvgIpc) is 2.04. The Morgan fingerprint density at radius 1 is 0.818 bits per heavy atom. The Labute approximate surface area is 83.6 Å². The normalized spacial score (nSPS) is 10.4. The van der Waals surface area contributed by atoms with Gasteiger partial charge in [-0.25, -0.2) is 0 Å². The molecule has 0 unspecified atom stereocenters. The van der Waals surface area contributed by atoms with Crippen LogP contribution in [-0.4, -0.2) is 27.9 Å². The molecule has 0 saturated heterocycles. The second kappa shape index (κ2) is 2.98. The van der Waals surface area contributed by atoms with E-state index in [1.165, 1.54) is 13.6 Å². The number of benzene rings is 2. The molecule has 0 N–H and O–H groups in total. The van der Waals surface area contributed by atoms with Gasteiger partial charge in [-0.2, -0.15) is 0 Å². The summed E-state index contributed by atoms with van der Waals surface area (Å²) >= 11 is 1.14. The molecule has 0 aliphatic carbocycles. The minimum atomic E-state index is 1.14. The van der Waals surface area contributed by atoms with Gasteiger partial charge >= 0.3 is 84.0 Å². The summed E-state index contributed by atoms with van der Waals surface area (Å²) in [6, 6.07) is 15.1. The third-order valence-corrected chi connectivity index (χ3v) is 2.53. The molecule has 0 spiro atoms. The Balaban J connectivity index is 2.83. The molecule has 0 aromatic heterocycles. The van der Waals surface area contributed by atoms with Gasteiger partial charge < -0.3 is 0 Å². The van der Waals surface area contributed by atoms with Crippen LogP contribution in [-0.2, 0) is 0 Å². The van der Waals surface area contributed by atoms with E-state index in [-0.39, 0.29) is 0 Å². The van der Waals surface area contributed by atoms with E-state index in [9.17, 15) is 0 Å². The zero-order chi connectivity index (χ0) is 7.68. The first-order valence-electron chi connectivity index (χ1n) is 3.82. The fraction of sp³-hybridized carbons (Fsp3) is 0. The zero-order valence-electron chi connectivity index (χ0n) is 6.54. The molecule has 11 heavy (non-hydrogen) atoms. The molecule has 2 aromatic carbocycles. The molecule has 0 heterocycles. The van der Waals surface area contributed by atoms with Crippen LogP contribution in [0, 0.1) is 0 Å². The topological polar surface area (TPSA) is 0 Å². The van der Waals surface area contributed by atoms with Crippen molar-refractivity contribution in [3.8, 4) is 0 Å². The van der Waals surface area contributed by atoms with Crippen LogP contribution in [0.15, 0.2) is 42.5 Å². The predicted octanol–water partition coefficient (Wildman–Crippen LogP) is 1.63. The molecule has 0 aliphatic heterocycles. The predicted molar refractivity (Wildman–Crippen MR) is 49.3 cm³/mol. The van der Waals surface area contributed by atoms with Crippen molar-refractivity contribution >= 4 is 41.5 Å². The van der Waals surface area contributed by atoms with Crippen molar-refractivity contribution in [2.24, 2.45) is 0 Å². The monoisotopic (exact) mass is 150 g/mol. The van der Waals surface area contributed by atoms with Gasteiger partial charge in [-0.15, -0.1) is 0 Å². The minimum absolute atomic E-state index is 1.14. The first-order chi connectivity index (χ1) is 5.36. The Kier molecular flexibility index (Phi) is 1.99. The molecular formula is C10H7Na. The SMILES string of the molecule is [Na][c]1ccc2ccccc2c1. The van der Waals surface area contributed by atoms with Crippen molar-refractivity contribution in [2.45, 2.75) is 0 Å². The van der Waals surface area contributed by atoms with E-state index in [2.05, 4.69) is 42.5 Å². The van der Waals surface area contributed by atoms with Gasteiger partial charge in [0.1, 0.15) is 0 Å². The summed E-state index contributed by atoms with van der Waals surface area (Å²) in [6.07, 6.45) is 0. The third kappa shape index (κ3) is 1.48. The fourth-order valence-corrected chi connectivity index (χ4v) is 1.79. The molecule has 1 heteroatoms. The van der Waals surface area contributed by atoms with E-state index >= 15 is 0 Å². The molecule has 0 aliphatic rings. The van der Waals surface area contributed by atoms with Crippen LogP contribution < -0.4 is 2.81 Å². The summed E-state index contributed by atoms with van der Waals surface area (Å²) in [6.45, 7) is 0. The average molecular weight is 150 g/mol. The van der Waals surface area contributed by atoms with Crippen LogP contribution in [0.3, 0.4) is 0 Å². The van der Waals surface area contributed by atoms with E-state index in [0.29, 0.717) is 0 Å². The van der Waals surface area contributed by atoms with Gasteiger partial charge in [-0.05, 0) is 0 Å². The van der Waals surface area contributed by atoms with Crippen molar-refractivity contribution in [3.05, 3.63) is 42.5 Å². The Morgan fingerprint density at radius 2 is 1.55 bits per heavy atom. The molecular weight excluding hydrogens is 143 g/mol. The molecule has 0 radical (unpaired) electrons. The summed E-state index contributed by atoms with van der Waals surface area (Å²) in [5, 5.41) is 2.70. The molecule has 2 rings (SSSR count). The third-order valence-electron chi connectivity index (χ3n) is 1.90. The molecule has 2 aromatic rings. The zero-order valence-corrected chi connectivity index (χ0v) is 8.54. The van der Waals surface area contributed by atoms with Crippen molar-refractivity contribution in [3.63, 3.8) is 0 Å². The number of hydrogen-bond acceptors (Lipinski definition) is 0. The second-order valence-corrected chi connectivity index (χ2v) is 4.01. The number of rotatable bonds is 0. The summed E-state index contributed by atoms with van der Waals surface area (Å²) in [5.74, 6) is 0. The van der Waals surface area contributed by atoms with Crippen LogP contribution in [0.25, 0.3) is 10.8 Å². The molecule has 0 bridgehead atoms.